The summed E-state index contributed by atoms with van der Waals surface area (Å²) in [5.74, 6) is 0.219. The van der Waals surface area contributed by atoms with Crippen molar-refractivity contribution < 1.29 is 14.3 Å². The van der Waals surface area contributed by atoms with E-state index in [9.17, 15) is 9.59 Å². The first kappa shape index (κ1) is 23.9. The van der Waals surface area contributed by atoms with Gasteiger partial charge in [0, 0.05) is 42.0 Å². The number of carbonyl (C=O) groups excluding carboxylic acids is 2. The highest BCUT2D eigenvalue weighted by Gasteiger charge is 2.38. The fourth-order valence-electron chi connectivity index (χ4n) is 6.12. The van der Waals surface area contributed by atoms with E-state index in [1.165, 1.54) is 25.7 Å². The number of rotatable bonds is 6. The van der Waals surface area contributed by atoms with Crippen LogP contribution in [0.2, 0.25) is 0 Å². The first-order chi connectivity index (χ1) is 18.1. The molecule has 6 heteroatoms. The van der Waals surface area contributed by atoms with E-state index >= 15 is 0 Å². The Morgan fingerprint density at radius 2 is 1.89 bits per heavy atom. The Bertz CT molecular complexity index is 1370. The molecule has 37 heavy (non-hydrogen) atoms. The van der Waals surface area contributed by atoms with Gasteiger partial charge in [-0.2, -0.15) is 0 Å². The summed E-state index contributed by atoms with van der Waals surface area (Å²) in [4.78, 5) is 35.0. The molecule has 0 amide bonds. The summed E-state index contributed by atoms with van der Waals surface area (Å²) in [7, 11) is 0. The van der Waals surface area contributed by atoms with Crippen LogP contribution in [0.25, 0.3) is 0 Å². The SMILES string of the molecule is CC[C@@H]1CCCCN1CCCNc1cc2c(c3c1C(=O)c1ccccc1C3=O)N=C1C(C)=CC=CC1O2. The Hall–Kier alpha value is -3.51. The number of aliphatic imine (C=N–C) groups is 1. The quantitative estimate of drug-likeness (QED) is 0.433. The fourth-order valence-corrected chi connectivity index (χ4v) is 6.12. The topological polar surface area (TPSA) is 71.0 Å². The van der Waals surface area contributed by atoms with Gasteiger partial charge in [0.1, 0.15) is 11.4 Å². The maximum absolute atomic E-state index is 13.8. The van der Waals surface area contributed by atoms with Gasteiger partial charge in [-0.05, 0) is 50.8 Å². The van der Waals surface area contributed by atoms with Crippen LogP contribution in [0.4, 0.5) is 11.4 Å². The van der Waals surface area contributed by atoms with Crippen molar-refractivity contribution in [1.29, 1.82) is 0 Å². The Balaban J connectivity index is 1.35. The summed E-state index contributed by atoms with van der Waals surface area (Å²) in [5.41, 5.74) is 4.51. The average Bonchev–Trinajstić information content (AvgIpc) is 2.93. The normalized spacial score (nSPS) is 22.2. The number of hydrogen-bond donors (Lipinski definition) is 1. The highest BCUT2D eigenvalue weighted by Crippen LogP contribution is 2.46. The molecule has 2 atom stereocenters. The lowest BCUT2D eigenvalue weighted by molar-refractivity contribution is 0.0979. The molecule has 2 aliphatic heterocycles. The Labute approximate surface area is 218 Å². The molecule has 0 radical (unpaired) electrons. The number of ketones is 2. The molecule has 190 valence electrons. The minimum absolute atomic E-state index is 0.143. The molecule has 6 nitrogen and oxygen atoms in total. The Morgan fingerprint density at radius 1 is 1.11 bits per heavy atom. The molecule has 0 aromatic heterocycles. The van der Waals surface area contributed by atoms with Crippen LogP contribution < -0.4 is 10.1 Å². The van der Waals surface area contributed by atoms with Gasteiger partial charge in [-0.25, -0.2) is 4.99 Å². The molecule has 2 heterocycles. The van der Waals surface area contributed by atoms with Crippen LogP contribution in [-0.4, -0.2) is 54.0 Å². The predicted molar refractivity (Wildman–Crippen MR) is 147 cm³/mol. The maximum Gasteiger partial charge on any atom is 0.196 e. The van der Waals surface area contributed by atoms with Crippen LogP contribution in [0, 0.1) is 0 Å². The number of hydrogen-bond acceptors (Lipinski definition) is 6. The van der Waals surface area contributed by atoms with Crippen molar-refractivity contribution in [3.05, 3.63) is 76.4 Å². The molecule has 1 saturated heterocycles. The monoisotopic (exact) mass is 495 g/mol. The van der Waals surface area contributed by atoms with Crippen molar-refractivity contribution in [3.8, 4) is 5.75 Å². The minimum atomic E-state index is -0.296. The van der Waals surface area contributed by atoms with Crippen LogP contribution in [0.1, 0.15) is 77.8 Å². The number of likely N-dealkylation sites (tertiary alicyclic amines) is 1. The van der Waals surface area contributed by atoms with Crippen molar-refractivity contribution in [1.82, 2.24) is 4.90 Å². The largest absolute Gasteiger partial charge is 0.478 e. The third-order valence-corrected chi connectivity index (χ3v) is 8.09. The third-order valence-electron chi connectivity index (χ3n) is 8.09. The zero-order valence-corrected chi connectivity index (χ0v) is 21.5. The number of nitrogens with zero attached hydrogens (tertiary/aromatic N) is 2. The molecule has 6 rings (SSSR count). The van der Waals surface area contributed by atoms with Crippen LogP contribution in [-0.2, 0) is 0 Å². The molecule has 1 N–H and O–H groups in total. The summed E-state index contributed by atoms with van der Waals surface area (Å²) in [5, 5.41) is 3.50. The third kappa shape index (κ3) is 4.13. The lowest BCUT2D eigenvalue weighted by atomic mass is 9.81. The summed E-state index contributed by atoms with van der Waals surface area (Å²) < 4.78 is 6.34. The fraction of sp³-hybridized carbons (Fsp3) is 0.387. The number of carbonyl (C=O) groups is 2. The van der Waals surface area contributed by atoms with Gasteiger partial charge in [-0.3, -0.25) is 9.59 Å². The van der Waals surface area contributed by atoms with Gasteiger partial charge in [0.05, 0.1) is 16.8 Å². The smallest absolute Gasteiger partial charge is 0.196 e. The number of anilines is 1. The molecule has 1 fully saturated rings. The Kier molecular flexibility index (Phi) is 6.29. The second-order valence-electron chi connectivity index (χ2n) is 10.4. The lowest BCUT2D eigenvalue weighted by Crippen LogP contribution is -2.40. The van der Waals surface area contributed by atoms with Gasteiger partial charge in [-0.1, -0.05) is 49.8 Å². The molecule has 0 bridgehead atoms. The van der Waals surface area contributed by atoms with E-state index in [-0.39, 0.29) is 17.7 Å². The van der Waals surface area contributed by atoms with Crippen LogP contribution in [0.5, 0.6) is 5.75 Å². The highest BCUT2D eigenvalue weighted by atomic mass is 16.5. The minimum Gasteiger partial charge on any atom is -0.478 e. The number of ether oxygens (including phenoxy) is 1. The molecular weight excluding hydrogens is 462 g/mol. The van der Waals surface area contributed by atoms with Gasteiger partial charge < -0.3 is 15.0 Å². The summed E-state index contributed by atoms with van der Waals surface area (Å²) in [6.07, 6.45) is 11.6. The van der Waals surface area contributed by atoms with Gasteiger partial charge in [-0.15, -0.1) is 0 Å². The second-order valence-corrected chi connectivity index (χ2v) is 10.4. The van der Waals surface area contributed by atoms with Crippen LogP contribution in [0.3, 0.4) is 0 Å². The summed E-state index contributed by atoms with van der Waals surface area (Å²) in [6.45, 7) is 7.15. The number of benzene rings is 2. The predicted octanol–water partition coefficient (Wildman–Crippen LogP) is 5.88. The molecule has 2 aromatic rings. The van der Waals surface area contributed by atoms with E-state index in [1.54, 1.807) is 24.3 Å². The zero-order chi connectivity index (χ0) is 25.5. The van der Waals surface area contributed by atoms with Gasteiger partial charge in [0.2, 0.25) is 0 Å². The molecule has 1 unspecified atom stereocenters. The zero-order valence-electron chi connectivity index (χ0n) is 21.5. The number of piperidine rings is 1. The lowest BCUT2D eigenvalue weighted by Gasteiger charge is -2.35. The van der Waals surface area contributed by atoms with E-state index in [0.29, 0.717) is 52.0 Å². The van der Waals surface area contributed by atoms with Crippen molar-refractivity contribution in [2.24, 2.45) is 4.99 Å². The van der Waals surface area contributed by atoms with Gasteiger partial charge >= 0.3 is 0 Å². The van der Waals surface area contributed by atoms with E-state index in [1.807, 2.05) is 31.2 Å². The highest BCUT2D eigenvalue weighted by molar-refractivity contribution is 6.32. The van der Waals surface area contributed by atoms with Gasteiger partial charge in [0.15, 0.2) is 17.7 Å². The van der Waals surface area contributed by atoms with Crippen LogP contribution in [0.15, 0.2) is 59.1 Å². The molecule has 4 aliphatic rings. The standard InChI is InChI=1S/C31H33N3O3/c1-3-20-11-6-7-16-34(20)17-9-15-32-23-18-25-29(33-28-19(2)10-8-14-24(28)37-25)27-26(23)30(35)21-12-4-5-13-22(21)31(27)36/h4-5,8,10,12-14,18,20,24,32H,3,6-7,9,11,15-17H2,1-2H3/t20-,24?/m1/s1. The van der Waals surface area contributed by atoms with Crippen molar-refractivity contribution >= 4 is 28.7 Å². The molecule has 2 aromatic carbocycles. The molecular formula is C31H33N3O3. The van der Waals surface area contributed by atoms with E-state index < -0.39 is 0 Å². The average molecular weight is 496 g/mol. The summed E-state index contributed by atoms with van der Waals surface area (Å²) >= 11 is 0. The maximum atomic E-state index is 13.8. The van der Waals surface area contributed by atoms with Crippen molar-refractivity contribution in [2.75, 3.05) is 25.0 Å². The number of allylic oxidation sites excluding steroid dienone is 2. The van der Waals surface area contributed by atoms with E-state index in [4.69, 9.17) is 9.73 Å². The first-order valence-electron chi connectivity index (χ1n) is 13.5. The number of fused-ring (bicyclic) bond motifs is 5. The van der Waals surface area contributed by atoms with E-state index in [0.717, 1.165) is 30.8 Å². The number of nitrogens with one attached hydrogen (secondary N) is 1. The molecule has 0 spiro atoms. The second kappa shape index (κ2) is 9.75. The van der Waals surface area contributed by atoms with Crippen molar-refractivity contribution in [3.63, 3.8) is 0 Å². The summed E-state index contributed by atoms with van der Waals surface area (Å²) in [6, 6.07) is 9.60. The first-order valence-corrected chi connectivity index (χ1v) is 13.5. The molecule has 2 aliphatic carbocycles. The van der Waals surface area contributed by atoms with E-state index in [2.05, 4.69) is 17.1 Å². The Morgan fingerprint density at radius 3 is 2.68 bits per heavy atom. The van der Waals surface area contributed by atoms with Gasteiger partial charge in [0.25, 0.3) is 0 Å². The van der Waals surface area contributed by atoms with Crippen molar-refractivity contribution in [2.45, 2.75) is 58.1 Å². The van der Waals surface area contributed by atoms with Crippen LogP contribution >= 0.6 is 0 Å². The molecule has 0 saturated carbocycles.